The summed E-state index contributed by atoms with van der Waals surface area (Å²) in [6.45, 7) is 3.86. The van der Waals surface area contributed by atoms with Crippen molar-refractivity contribution in [2.24, 2.45) is 5.14 Å². The lowest BCUT2D eigenvalue weighted by Gasteiger charge is -2.06. The second-order valence-corrected chi connectivity index (χ2v) is 8.61. The number of nitrogens with zero attached hydrogens (tertiary/aromatic N) is 1. The minimum Gasteiger partial charge on any atom is -0.504 e. The van der Waals surface area contributed by atoms with Crippen LogP contribution in [-0.2, 0) is 10.0 Å². The number of benzene rings is 2. The van der Waals surface area contributed by atoms with Crippen molar-refractivity contribution < 1.29 is 18.3 Å². The molecule has 4 N–H and O–H groups in total. The molecule has 3 rings (SSSR count). The first-order valence-corrected chi connectivity index (χ1v) is 10.5. The van der Waals surface area contributed by atoms with Crippen molar-refractivity contribution in [2.45, 2.75) is 4.90 Å². The maximum Gasteiger partial charge on any atom is 0.279 e. The molecule has 1 aromatic heterocycles. The van der Waals surface area contributed by atoms with Crippen LogP contribution in [0.25, 0.3) is 18.3 Å². The molecule has 3 aromatic rings. The molecule has 28 heavy (non-hydrogen) atoms. The molecule has 0 atom stereocenters. The molecule has 0 aliphatic carbocycles. The van der Waals surface area contributed by atoms with Crippen molar-refractivity contribution in [3.63, 3.8) is 0 Å². The third kappa shape index (κ3) is 3.84. The molecule has 0 aliphatic rings. The average molecular weight is 513 g/mol. The second kappa shape index (κ2) is 7.45. The molecule has 0 unspecified atom stereocenters. The summed E-state index contributed by atoms with van der Waals surface area (Å²) in [5.41, 5.74) is 0.715. The normalized spacial score (nSPS) is 12.3. The maximum absolute atomic E-state index is 12.8. The van der Waals surface area contributed by atoms with E-state index in [1.807, 2.05) is 22.6 Å². The van der Waals surface area contributed by atoms with Crippen LogP contribution < -0.4 is 26.0 Å². The maximum atomic E-state index is 12.8. The highest BCUT2D eigenvalue weighted by molar-refractivity contribution is 14.1. The lowest BCUT2D eigenvalue weighted by Crippen LogP contribution is -2.34. The molecular weight excluding hydrogens is 497 g/mol. The van der Waals surface area contributed by atoms with E-state index in [1.165, 1.54) is 36.1 Å². The Hall–Kier alpha value is -2.57. The fourth-order valence-corrected chi connectivity index (χ4v) is 3.75. The van der Waals surface area contributed by atoms with E-state index in [2.05, 4.69) is 11.7 Å². The average Bonchev–Trinajstić information content (AvgIpc) is 2.92. The number of ether oxygens (including phenoxy) is 1. The first kappa shape index (κ1) is 20.2. The van der Waals surface area contributed by atoms with Gasteiger partial charge in [-0.2, -0.15) is 0 Å². The highest BCUT2D eigenvalue weighted by Crippen LogP contribution is 2.32. The van der Waals surface area contributed by atoms with Gasteiger partial charge in [-0.3, -0.25) is 9.89 Å². The molecule has 8 nitrogen and oxygen atoms in total. The zero-order chi connectivity index (χ0) is 20.6. The topological polar surface area (TPSA) is 127 Å². The van der Waals surface area contributed by atoms with Crippen molar-refractivity contribution in [1.82, 2.24) is 9.78 Å². The fraction of sp³-hybridized carbons (Fsp3) is 0.0556. The molecule has 0 spiro atoms. The third-order valence-corrected chi connectivity index (χ3v) is 5.76. The molecule has 2 aromatic carbocycles. The van der Waals surface area contributed by atoms with Crippen LogP contribution in [0.2, 0.25) is 0 Å². The van der Waals surface area contributed by atoms with Crippen molar-refractivity contribution >= 4 is 45.3 Å². The van der Waals surface area contributed by atoms with Gasteiger partial charge in [0.15, 0.2) is 11.5 Å². The van der Waals surface area contributed by atoms with Crippen LogP contribution in [0.15, 0.2) is 46.1 Å². The minimum atomic E-state index is -3.82. The molecule has 0 radical (unpaired) electrons. The second-order valence-electron chi connectivity index (χ2n) is 5.88. The minimum absolute atomic E-state index is 0.0246. The first-order valence-electron chi connectivity index (χ1n) is 7.83. The Morgan fingerprint density at radius 2 is 1.93 bits per heavy atom. The molecule has 0 aliphatic heterocycles. The van der Waals surface area contributed by atoms with Crippen LogP contribution in [-0.4, -0.2) is 30.4 Å². The van der Waals surface area contributed by atoms with Gasteiger partial charge in [0, 0.05) is 0 Å². The molecule has 1 heterocycles. The number of phenols is 1. The van der Waals surface area contributed by atoms with E-state index in [0.717, 1.165) is 0 Å². The summed E-state index contributed by atoms with van der Waals surface area (Å²) in [5, 5.41) is 18.6. The van der Waals surface area contributed by atoms with Crippen LogP contribution in [0.3, 0.4) is 0 Å². The zero-order valence-electron chi connectivity index (χ0n) is 14.6. The summed E-state index contributed by atoms with van der Waals surface area (Å²) < 4.78 is 29.7. The van der Waals surface area contributed by atoms with Gasteiger partial charge in [0.1, 0.15) is 0 Å². The van der Waals surface area contributed by atoms with E-state index >= 15 is 0 Å². The number of halogens is 1. The number of aromatic nitrogens is 2. The van der Waals surface area contributed by atoms with Gasteiger partial charge in [-0.1, -0.05) is 6.58 Å². The number of phenolic OH excluding ortho intramolecular Hbond substituents is 1. The molecule has 146 valence electrons. The lowest BCUT2D eigenvalue weighted by molar-refractivity contribution is 0.371. The van der Waals surface area contributed by atoms with Gasteiger partial charge in [-0.25, -0.2) is 18.2 Å². The SMILES string of the molecule is C=c1[nH]n(-c2ccc(S(N)(=O)=O)cc2)c(=O)/c1=C/c1cc(I)c(O)c(OC)c1. The van der Waals surface area contributed by atoms with Gasteiger partial charge in [0.05, 0.1) is 31.8 Å². The van der Waals surface area contributed by atoms with E-state index < -0.39 is 10.0 Å². The number of aromatic amines is 1. The highest BCUT2D eigenvalue weighted by Gasteiger charge is 2.11. The zero-order valence-corrected chi connectivity index (χ0v) is 17.6. The number of nitrogens with two attached hydrogens (primary N) is 1. The molecule has 10 heteroatoms. The fourth-order valence-electron chi connectivity index (χ4n) is 2.61. The predicted octanol–water partition coefficient (Wildman–Crippen LogP) is 0.371. The largest absolute Gasteiger partial charge is 0.504 e. The standard InChI is InChI=1S/C18H16IN3O5S/c1-10-14(7-11-8-15(19)17(23)16(9-11)27-2)18(24)22(21-10)12-3-5-13(6-4-12)28(20,25)26/h3-9,21,23H,1H2,2H3,(H2,20,25,26)/b14-7+. The monoisotopic (exact) mass is 513 g/mol. The van der Waals surface area contributed by atoms with Crippen molar-refractivity contribution in [2.75, 3.05) is 7.11 Å². The van der Waals surface area contributed by atoms with E-state index in [0.29, 0.717) is 31.1 Å². The Balaban J connectivity index is 2.13. The summed E-state index contributed by atoms with van der Waals surface area (Å²) in [7, 11) is -2.38. The van der Waals surface area contributed by atoms with Gasteiger partial charge in [0.25, 0.3) is 5.56 Å². The van der Waals surface area contributed by atoms with Crippen LogP contribution in [0, 0.1) is 3.57 Å². The van der Waals surface area contributed by atoms with Gasteiger partial charge < -0.3 is 9.84 Å². The molecule has 0 fully saturated rings. The quantitative estimate of drug-likeness (QED) is 0.435. The summed E-state index contributed by atoms with van der Waals surface area (Å²) in [6.07, 6.45) is 1.63. The number of methoxy groups -OCH3 is 1. The van der Waals surface area contributed by atoms with Crippen molar-refractivity contribution in [3.05, 3.63) is 66.5 Å². The molecule has 0 saturated heterocycles. The summed E-state index contributed by atoms with van der Waals surface area (Å²) >= 11 is 1.97. The highest BCUT2D eigenvalue weighted by atomic mass is 127. The molecule has 0 amide bonds. The first-order chi connectivity index (χ1) is 13.1. The van der Waals surface area contributed by atoms with Crippen LogP contribution >= 0.6 is 22.6 Å². The van der Waals surface area contributed by atoms with E-state index in [-0.39, 0.29) is 16.2 Å². The Bertz CT molecular complexity index is 1330. The van der Waals surface area contributed by atoms with Gasteiger partial charge >= 0.3 is 0 Å². The van der Waals surface area contributed by atoms with E-state index in [9.17, 15) is 18.3 Å². The summed E-state index contributed by atoms with van der Waals surface area (Å²) in [6, 6.07) is 8.87. The number of hydrogen-bond acceptors (Lipinski definition) is 5. The van der Waals surface area contributed by atoms with Gasteiger partial charge in [0.2, 0.25) is 10.0 Å². The number of rotatable bonds is 4. The Kier molecular flexibility index (Phi) is 5.37. The Morgan fingerprint density at radius 3 is 2.50 bits per heavy atom. The third-order valence-electron chi connectivity index (χ3n) is 4.01. The Labute approximate surface area is 173 Å². The number of sulfonamides is 1. The van der Waals surface area contributed by atoms with Gasteiger partial charge in [-0.15, -0.1) is 0 Å². The van der Waals surface area contributed by atoms with Crippen LogP contribution in [0.1, 0.15) is 5.56 Å². The van der Waals surface area contributed by atoms with Crippen molar-refractivity contribution in [3.8, 4) is 17.2 Å². The predicted molar refractivity (Wildman–Crippen MR) is 113 cm³/mol. The Morgan fingerprint density at radius 1 is 1.29 bits per heavy atom. The number of hydrogen-bond donors (Lipinski definition) is 3. The molecule has 0 bridgehead atoms. The van der Waals surface area contributed by atoms with Gasteiger partial charge in [-0.05, 0) is 70.6 Å². The van der Waals surface area contributed by atoms with Crippen molar-refractivity contribution in [1.29, 1.82) is 0 Å². The summed E-state index contributed by atoms with van der Waals surface area (Å²) in [5.74, 6) is 0.315. The molecular formula is C18H16IN3O5S. The van der Waals surface area contributed by atoms with Crippen LogP contribution in [0.5, 0.6) is 11.5 Å². The molecule has 0 saturated carbocycles. The van der Waals surface area contributed by atoms with E-state index in [1.54, 1.807) is 18.2 Å². The number of nitrogens with one attached hydrogen (secondary N) is 1. The smallest absolute Gasteiger partial charge is 0.279 e. The summed E-state index contributed by atoms with van der Waals surface area (Å²) in [4.78, 5) is 12.8. The number of aromatic hydroxyl groups is 1. The number of H-pyrrole nitrogens is 1. The van der Waals surface area contributed by atoms with Crippen LogP contribution in [0.4, 0.5) is 0 Å². The lowest BCUT2D eigenvalue weighted by atomic mass is 10.1. The van der Waals surface area contributed by atoms with E-state index in [4.69, 9.17) is 9.88 Å². The number of primary sulfonamides is 1.